The Morgan fingerprint density at radius 1 is 1.44 bits per heavy atom. The molecule has 0 atom stereocenters. The molecule has 5 nitrogen and oxygen atoms in total. The number of nitrogens with zero attached hydrogens (tertiary/aromatic N) is 3. The van der Waals surface area contributed by atoms with E-state index in [9.17, 15) is 0 Å². The van der Waals surface area contributed by atoms with Gasteiger partial charge in [-0.15, -0.1) is 0 Å². The number of aromatic nitrogens is 2. The average molecular weight is 250 g/mol. The number of ether oxygens (including phenoxy) is 1. The lowest BCUT2D eigenvalue weighted by atomic mass is 9.94. The first kappa shape index (κ1) is 13.1. The lowest BCUT2D eigenvalue weighted by Gasteiger charge is -2.32. The van der Waals surface area contributed by atoms with Crippen LogP contribution in [0.1, 0.15) is 19.3 Å². The SMILES string of the molecule is CNCCC1CCN(c2nccc(OC)n2)CC1. The van der Waals surface area contributed by atoms with E-state index in [-0.39, 0.29) is 0 Å². The summed E-state index contributed by atoms with van der Waals surface area (Å²) in [5.41, 5.74) is 0. The lowest BCUT2D eigenvalue weighted by Crippen LogP contribution is -2.35. The molecule has 0 spiro atoms. The topological polar surface area (TPSA) is 50.3 Å². The van der Waals surface area contributed by atoms with E-state index in [1.807, 2.05) is 7.05 Å². The van der Waals surface area contributed by atoms with Crippen molar-refractivity contribution >= 4 is 5.95 Å². The van der Waals surface area contributed by atoms with Crippen LogP contribution in [0.25, 0.3) is 0 Å². The van der Waals surface area contributed by atoms with Crippen molar-refractivity contribution in [3.8, 4) is 5.88 Å². The van der Waals surface area contributed by atoms with Crippen LogP contribution in [0.2, 0.25) is 0 Å². The normalized spacial score (nSPS) is 16.9. The van der Waals surface area contributed by atoms with E-state index in [0.717, 1.165) is 31.5 Å². The summed E-state index contributed by atoms with van der Waals surface area (Å²) in [5.74, 6) is 2.26. The van der Waals surface area contributed by atoms with Gasteiger partial charge in [0.15, 0.2) is 0 Å². The Morgan fingerprint density at radius 3 is 2.89 bits per heavy atom. The van der Waals surface area contributed by atoms with E-state index in [0.29, 0.717) is 5.88 Å². The Balaban J connectivity index is 1.88. The van der Waals surface area contributed by atoms with Crippen LogP contribution >= 0.6 is 0 Å². The first-order valence-corrected chi connectivity index (χ1v) is 6.60. The third-order valence-corrected chi connectivity index (χ3v) is 3.53. The maximum absolute atomic E-state index is 5.13. The van der Waals surface area contributed by atoms with Gasteiger partial charge in [0.05, 0.1) is 7.11 Å². The summed E-state index contributed by atoms with van der Waals surface area (Å²) in [6.07, 6.45) is 5.47. The predicted molar refractivity (Wildman–Crippen MR) is 72.1 cm³/mol. The molecule has 2 rings (SSSR count). The van der Waals surface area contributed by atoms with Gasteiger partial charge in [-0.2, -0.15) is 4.98 Å². The van der Waals surface area contributed by atoms with Gasteiger partial charge in [-0.3, -0.25) is 0 Å². The molecule has 1 saturated heterocycles. The van der Waals surface area contributed by atoms with Crippen LogP contribution in [-0.4, -0.2) is 43.8 Å². The number of piperidine rings is 1. The van der Waals surface area contributed by atoms with Crippen LogP contribution in [0.15, 0.2) is 12.3 Å². The highest BCUT2D eigenvalue weighted by atomic mass is 16.5. The fraction of sp³-hybridized carbons (Fsp3) is 0.692. The third kappa shape index (κ3) is 3.32. The van der Waals surface area contributed by atoms with Crippen molar-refractivity contribution in [2.75, 3.05) is 38.7 Å². The molecule has 1 aliphatic heterocycles. The lowest BCUT2D eigenvalue weighted by molar-refractivity contribution is 0.371. The second kappa shape index (κ2) is 6.54. The number of rotatable bonds is 5. The van der Waals surface area contributed by atoms with Gasteiger partial charge in [0, 0.05) is 25.4 Å². The van der Waals surface area contributed by atoms with E-state index in [1.165, 1.54) is 19.3 Å². The van der Waals surface area contributed by atoms with Crippen molar-refractivity contribution in [3.63, 3.8) is 0 Å². The summed E-state index contributed by atoms with van der Waals surface area (Å²) in [4.78, 5) is 11.0. The van der Waals surface area contributed by atoms with Gasteiger partial charge in [-0.05, 0) is 38.8 Å². The van der Waals surface area contributed by atoms with Crippen LogP contribution in [-0.2, 0) is 0 Å². The predicted octanol–water partition coefficient (Wildman–Crippen LogP) is 1.31. The molecule has 1 N–H and O–H groups in total. The highest BCUT2D eigenvalue weighted by Crippen LogP contribution is 2.23. The van der Waals surface area contributed by atoms with Gasteiger partial charge in [0.1, 0.15) is 0 Å². The molecule has 0 radical (unpaired) electrons. The quantitative estimate of drug-likeness (QED) is 0.854. The van der Waals surface area contributed by atoms with Crippen LogP contribution < -0.4 is 15.0 Å². The standard InChI is InChI=1S/C13H22N4O/c1-14-7-3-11-5-9-17(10-6-11)13-15-8-4-12(16-13)18-2/h4,8,11,14H,3,5-7,9-10H2,1-2H3. The first-order valence-electron chi connectivity index (χ1n) is 6.60. The highest BCUT2D eigenvalue weighted by Gasteiger charge is 2.20. The summed E-state index contributed by atoms with van der Waals surface area (Å²) >= 11 is 0. The Kier molecular flexibility index (Phi) is 4.75. The minimum absolute atomic E-state index is 0.636. The van der Waals surface area contributed by atoms with Crippen molar-refractivity contribution in [3.05, 3.63) is 12.3 Å². The molecule has 2 heterocycles. The van der Waals surface area contributed by atoms with Crippen molar-refractivity contribution in [2.45, 2.75) is 19.3 Å². The molecule has 1 aromatic heterocycles. The summed E-state index contributed by atoms with van der Waals surface area (Å²) in [7, 11) is 3.65. The molecule has 5 heteroatoms. The zero-order chi connectivity index (χ0) is 12.8. The molecule has 0 saturated carbocycles. The summed E-state index contributed by atoms with van der Waals surface area (Å²) in [6, 6.07) is 1.78. The molecule has 100 valence electrons. The molecule has 0 unspecified atom stereocenters. The van der Waals surface area contributed by atoms with Crippen LogP contribution in [0.4, 0.5) is 5.95 Å². The third-order valence-electron chi connectivity index (χ3n) is 3.53. The van der Waals surface area contributed by atoms with Gasteiger partial charge < -0.3 is 15.0 Å². The summed E-state index contributed by atoms with van der Waals surface area (Å²) in [6.45, 7) is 3.20. The minimum Gasteiger partial charge on any atom is -0.481 e. The largest absolute Gasteiger partial charge is 0.481 e. The summed E-state index contributed by atoms with van der Waals surface area (Å²) in [5, 5.41) is 3.22. The monoisotopic (exact) mass is 250 g/mol. The Morgan fingerprint density at radius 2 is 2.22 bits per heavy atom. The zero-order valence-electron chi connectivity index (χ0n) is 11.2. The Labute approximate surface area is 109 Å². The van der Waals surface area contributed by atoms with Gasteiger partial charge in [0.2, 0.25) is 11.8 Å². The molecule has 0 amide bonds. The molecule has 0 aromatic carbocycles. The molecule has 0 aliphatic carbocycles. The first-order chi connectivity index (χ1) is 8.83. The van der Waals surface area contributed by atoms with Crippen molar-refractivity contribution < 1.29 is 4.74 Å². The Hall–Kier alpha value is -1.36. The summed E-state index contributed by atoms with van der Waals surface area (Å²) < 4.78 is 5.13. The van der Waals surface area contributed by atoms with E-state index in [1.54, 1.807) is 19.4 Å². The fourth-order valence-corrected chi connectivity index (χ4v) is 2.37. The maximum atomic E-state index is 5.13. The fourth-order valence-electron chi connectivity index (χ4n) is 2.37. The van der Waals surface area contributed by atoms with Gasteiger partial charge in [-0.25, -0.2) is 4.98 Å². The molecule has 1 aliphatic rings. The maximum Gasteiger partial charge on any atom is 0.228 e. The average Bonchev–Trinajstić information content (AvgIpc) is 2.46. The molecule has 1 aromatic rings. The van der Waals surface area contributed by atoms with E-state index in [2.05, 4.69) is 20.2 Å². The number of nitrogens with one attached hydrogen (secondary N) is 1. The number of anilines is 1. The number of hydrogen-bond acceptors (Lipinski definition) is 5. The molecular formula is C13H22N4O. The van der Waals surface area contributed by atoms with E-state index >= 15 is 0 Å². The van der Waals surface area contributed by atoms with E-state index < -0.39 is 0 Å². The van der Waals surface area contributed by atoms with Crippen molar-refractivity contribution in [2.24, 2.45) is 5.92 Å². The van der Waals surface area contributed by atoms with Crippen LogP contribution in [0.3, 0.4) is 0 Å². The van der Waals surface area contributed by atoms with Crippen molar-refractivity contribution in [1.82, 2.24) is 15.3 Å². The second-order valence-electron chi connectivity index (χ2n) is 4.72. The smallest absolute Gasteiger partial charge is 0.228 e. The van der Waals surface area contributed by atoms with Crippen LogP contribution in [0.5, 0.6) is 5.88 Å². The Bertz CT molecular complexity index is 364. The molecule has 18 heavy (non-hydrogen) atoms. The molecular weight excluding hydrogens is 228 g/mol. The number of hydrogen-bond donors (Lipinski definition) is 1. The van der Waals surface area contributed by atoms with Crippen LogP contribution in [0, 0.1) is 5.92 Å². The van der Waals surface area contributed by atoms with Gasteiger partial charge in [0.25, 0.3) is 0 Å². The second-order valence-corrected chi connectivity index (χ2v) is 4.72. The minimum atomic E-state index is 0.636. The number of methoxy groups -OCH3 is 1. The molecule has 1 fully saturated rings. The van der Waals surface area contributed by atoms with Gasteiger partial charge >= 0.3 is 0 Å². The zero-order valence-corrected chi connectivity index (χ0v) is 11.2. The molecule has 0 bridgehead atoms. The van der Waals surface area contributed by atoms with E-state index in [4.69, 9.17) is 4.74 Å². The highest BCUT2D eigenvalue weighted by molar-refractivity contribution is 5.32. The van der Waals surface area contributed by atoms with Gasteiger partial charge in [-0.1, -0.05) is 0 Å². The van der Waals surface area contributed by atoms with Crippen molar-refractivity contribution in [1.29, 1.82) is 0 Å².